The van der Waals surface area contributed by atoms with Gasteiger partial charge in [0.2, 0.25) is 0 Å². The Kier molecular flexibility index (Phi) is 4.74. The van der Waals surface area contributed by atoms with Crippen LogP contribution >= 0.6 is 0 Å². The number of aromatic hydroxyl groups is 1. The molecule has 19 heavy (non-hydrogen) atoms. The fourth-order valence-electron chi connectivity index (χ4n) is 2.39. The summed E-state index contributed by atoms with van der Waals surface area (Å²) >= 11 is 0. The number of likely N-dealkylation sites (tertiary alicyclic amines) is 1. The molecule has 0 radical (unpaired) electrons. The van der Waals surface area contributed by atoms with Crippen molar-refractivity contribution in [1.29, 1.82) is 0 Å². The Bertz CT molecular complexity index is 430. The molecule has 1 aromatic heterocycles. The van der Waals surface area contributed by atoms with Gasteiger partial charge in [-0.05, 0) is 37.9 Å². The highest BCUT2D eigenvalue weighted by atomic mass is 16.3. The van der Waals surface area contributed by atoms with Crippen LogP contribution in [-0.4, -0.2) is 47.1 Å². The number of hydrogen-bond acceptors (Lipinski definition) is 4. The maximum absolute atomic E-state index is 11.9. The number of carbonyl (C=O) groups is 1. The van der Waals surface area contributed by atoms with Crippen molar-refractivity contribution in [1.82, 2.24) is 15.2 Å². The van der Waals surface area contributed by atoms with E-state index in [0.717, 1.165) is 6.54 Å². The van der Waals surface area contributed by atoms with Crippen molar-refractivity contribution in [3.05, 3.63) is 24.0 Å². The van der Waals surface area contributed by atoms with E-state index in [1.54, 1.807) is 0 Å². The molecule has 2 rings (SSSR count). The van der Waals surface area contributed by atoms with Gasteiger partial charge in [0.1, 0.15) is 5.75 Å². The summed E-state index contributed by atoms with van der Waals surface area (Å²) in [6.45, 7) is 6.16. The zero-order valence-corrected chi connectivity index (χ0v) is 11.3. The Hall–Kier alpha value is -1.62. The fraction of sp³-hybridized carbons (Fsp3) is 0.571. The van der Waals surface area contributed by atoms with Gasteiger partial charge in [-0.1, -0.05) is 6.92 Å². The summed E-state index contributed by atoms with van der Waals surface area (Å²) in [6, 6.07) is 1.42. The van der Waals surface area contributed by atoms with Crippen molar-refractivity contribution in [3.8, 4) is 5.75 Å². The number of rotatable bonds is 5. The van der Waals surface area contributed by atoms with Crippen LogP contribution in [-0.2, 0) is 0 Å². The number of nitrogens with one attached hydrogen (secondary N) is 1. The van der Waals surface area contributed by atoms with E-state index in [1.807, 2.05) is 0 Å². The van der Waals surface area contributed by atoms with E-state index in [9.17, 15) is 9.90 Å². The Morgan fingerprint density at radius 2 is 2.21 bits per heavy atom. The predicted octanol–water partition coefficient (Wildman–Crippen LogP) is 1.25. The van der Waals surface area contributed by atoms with E-state index >= 15 is 0 Å². The summed E-state index contributed by atoms with van der Waals surface area (Å²) in [5, 5.41) is 12.2. The highest BCUT2D eigenvalue weighted by Gasteiger charge is 2.15. The topological polar surface area (TPSA) is 65.5 Å². The summed E-state index contributed by atoms with van der Waals surface area (Å²) in [5.41, 5.74) is 0.397. The normalized spacial score (nSPS) is 17.3. The number of amides is 1. The number of hydrogen-bond donors (Lipinski definition) is 2. The first-order valence-corrected chi connectivity index (χ1v) is 6.79. The van der Waals surface area contributed by atoms with Crippen LogP contribution in [0.5, 0.6) is 5.75 Å². The molecule has 0 spiro atoms. The third kappa shape index (κ3) is 4.21. The van der Waals surface area contributed by atoms with Crippen LogP contribution in [0.25, 0.3) is 0 Å². The molecule has 104 valence electrons. The smallest absolute Gasteiger partial charge is 0.252 e. The maximum atomic E-state index is 11.9. The van der Waals surface area contributed by atoms with Crippen molar-refractivity contribution in [2.75, 3.05) is 26.2 Å². The van der Waals surface area contributed by atoms with Crippen molar-refractivity contribution < 1.29 is 9.90 Å². The third-order valence-corrected chi connectivity index (χ3v) is 3.37. The second-order valence-electron chi connectivity index (χ2n) is 5.25. The lowest BCUT2D eigenvalue weighted by molar-refractivity contribution is 0.0944. The van der Waals surface area contributed by atoms with Gasteiger partial charge >= 0.3 is 0 Å². The van der Waals surface area contributed by atoms with Gasteiger partial charge < -0.3 is 15.3 Å². The van der Waals surface area contributed by atoms with Gasteiger partial charge in [-0.3, -0.25) is 9.78 Å². The quantitative estimate of drug-likeness (QED) is 0.839. The minimum atomic E-state index is -0.184. The molecule has 1 aliphatic heterocycles. The monoisotopic (exact) mass is 263 g/mol. The van der Waals surface area contributed by atoms with E-state index in [1.165, 1.54) is 44.4 Å². The zero-order chi connectivity index (χ0) is 13.7. The molecule has 5 heteroatoms. The molecule has 1 saturated heterocycles. The van der Waals surface area contributed by atoms with E-state index in [-0.39, 0.29) is 11.7 Å². The molecule has 2 heterocycles. The van der Waals surface area contributed by atoms with Crippen molar-refractivity contribution >= 4 is 5.91 Å². The molecule has 1 fully saturated rings. The lowest BCUT2D eigenvalue weighted by Crippen LogP contribution is -2.34. The van der Waals surface area contributed by atoms with Crippen LogP contribution in [0.1, 0.15) is 30.1 Å². The van der Waals surface area contributed by atoms with Crippen LogP contribution in [0, 0.1) is 5.92 Å². The van der Waals surface area contributed by atoms with Gasteiger partial charge in [0.15, 0.2) is 0 Å². The van der Waals surface area contributed by atoms with Crippen LogP contribution < -0.4 is 5.32 Å². The van der Waals surface area contributed by atoms with Gasteiger partial charge in [-0.15, -0.1) is 0 Å². The Morgan fingerprint density at radius 1 is 1.47 bits per heavy atom. The average molecular weight is 263 g/mol. The van der Waals surface area contributed by atoms with Crippen molar-refractivity contribution in [3.63, 3.8) is 0 Å². The molecule has 1 amide bonds. The lowest BCUT2D eigenvalue weighted by Gasteiger charge is -2.20. The first kappa shape index (κ1) is 13.8. The number of aromatic nitrogens is 1. The van der Waals surface area contributed by atoms with E-state index in [2.05, 4.69) is 22.1 Å². The maximum Gasteiger partial charge on any atom is 0.252 e. The third-order valence-electron chi connectivity index (χ3n) is 3.37. The van der Waals surface area contributed by atoms with E-state index < -0.39 is 0 Å². The molecular formula is C14H21N3O2. The molecule has 1 aromatic rings. The van der Waals surface area contributed by atoms with Crippen LogP contribution in [0.2, 0.25) is 0 Å². The van der Waals surface area contributed by atoms with E-state index in [0.29, 0.717) is 18.0 Å². The van der Waals surface area contributed by atoms with Gasteiger partial charge in [-0.2, -0.15) is 0 Å². The van der Waals surface area contributed by atoms with Gasteiger partial charge in [-0.25, -0.2) is 0 Å². The van der Waals surface area contributed by atoms with Crippen molar-refractivity contribution in [2.45, 2.75) is 19.8 Å². The Labute approximate surface area is 113 Å². The molecule has 2 N–H and O–H groups in total. The zero-order valence-electron chi connectivity index (χ0n) is 11.3. The molecule has 1 unspecified atom stereocenters. The van der Waals surface area contributed by atoms with Crippen LogP contribution in [0.3, 0.4) is 0 Å². The predicted molar refractivity (Wildman–Crippen MR) is 73.1 cm³/mol. The fourth-order valence-corrected chi connectivity index (χ4v) is 2.39. The Balaban J connectivity index is 1.76. The van der Waals surface area contributed by atoms with Gasteiger partial charge in [0, 0.05) is 19.3 Å². The second kappa shape index (κ2) is 6.52. The number of nitrogens with zero attached hydrogens (tertiary/aromatic N) is 2. The molecule has 0 saturated carbocycles. The minimum Gasteiger partial charge on any atom is -0.506 e. The van der Waals surface area contributed by atoms with Crippen LogP contribution in [0.15, 0.2) is 18.5 Å². The summed E-state index contributed by atoms with van der Waals surface area (Å²) in [4.78, 5) is 18.1. The second-order valence-corrected chi connectivity index (χ2v) is 5.25. The van der Waals surface area contributed by atoms with Gasteiger partial charge in [0.05, 0.1) is 11.8 Å². The molecule has 5 nitrogen and oxygen atoms in total. The molecular weight excluding hydrogens is 242 g/mol. The summed E-state index contributed by atoms with van der Waals surface area (Å²) < 4.78 is 0. The van der Waals surface area contributed by atoms with E-state index in [4.69, 9.17) is 0 Å². The number of pyridine rings is 1. The van der Waals surface area contributed by atoms with Crippen LogP contribution in [0.4, 0.5) is 0 Å². The lowest BCUT2D eigenvalue weighted by atomic mass is 10.1. The molecule has 0 bridgehead atoms. The highest BCUT2D eigenvalue weighted by molar-refractivity contribution is 5.94. The molecule has 1 aliphatic rings. The standard InChI is InChI=1S/C14H21N3O2/c1-11(10-17-4-2-3-5-17)7-16-14(19)12-6-13(18)9-15-8-12/h6,8-9,11,18H,2-5,7,10H2,1H3,(H,16,19). The van der Waals surface area contributed by atoms with Crippen molar-refractivity contribution in [2.24, 2.45) is 5.92 Å². The van der Waals surface area contributed by atoms with Gasteiger partial charge in [0.25, 0.3) is 5.91 Å². The molecule has 0 aromatic carbocycles. The Morgan fingerprint density at radius 3 is 2.89 bits per heavy atom. The SMILES string of the molecule is CC(CNC(=O)c1cncc(O)c1)CN1CCCC1. The minimum absolute atomic E-state index is 0.0118. The molecule has 0 aliphatic carbocycles. The summed E-state index contributed by atoms with van der Waals surface area (Å²) in [6.07, 6.45) is 5.34. The first-order valence-electron chi connectivity index (χ1n) is 6.79. The average Bonchev–Trinajstić information content (AvgIpc) is 2.88. The molecule has 1 atom stereocenters. The number of carbonyl (C=O) groups excluding carboxylic acids is 1. The highest BCUT2D eigenvalue weighted by Crippen LogP contribution is 2.11. The first-order chi connectivity index (χ1) is 9.15. The largest absolute Gasteiger partial charge is 0.506 e. The summed E-state index contributed by atoms with van der Waals surface area (Å²) in [5.74, 6) is 0.252. The summed E-state index contributed by atoms with van der Waals surface area (Å²) in [7, 11) is 0.